The van der Waals surface area contributed by atoms with Crippen LogP contribution < -0.4 is 4.90 Å². The van der Waals surface area contributed by atoms with Gasteiger partial charge in [-0.2, -0.15) is 0 Å². The summed E-state index contributed by atoms with van der Waals surface area (Å²) in [5.74, 6) is 0.574. The quantitative estimate of drug-likeness (QED) is 0.841. The van der Waals surface area contributed by atoms with E-state index in [1.165, 1.54) is 12.1 Å². The number of hydrogen-bond donors (Lipinski definition) is 0. The number of carbonyl (C=O) groups excluding carboxylic acids is 1. The van der Waals surface area contributed by atoms with Gasteiger partial charge in [0.1, 0.15) is 11.6 Å². The predicted octanol–water partition coefficient (Wildman–Crippen LogP) is 2.83. The van der Waals surface area contributed by atoms with Gasteiger partial charge in [0.15, 0.2) is 0 Å². The van der Waals surface area contributed by atoms with Crippen molar-refractivity contribution in [2.45, 2.75) is 6.54 Å². The second-order valence-corrected chi connectivity index (χ2v) is 6.03. The molecule has 1 aliphatic heterocycles. The van der Waals surface area contributed by atoms with E-state index in [2.05, 4.69) is 20.9 Å². The number of benzene rings is 1. The Morgan fingerprint density at radius 1 is 1.18 bits per heavy atom. The standard InChI is InChI=1S/C16H15BrFN3O/c17-14-2-1-7-19-16(14)21-9-8-20(15(22)11-21)10-12-3-5-13(18)6-4-12/h1-7H,8-11H2. The van der Waals surface area contributed by atoms with E-state index >= 15 is 0 Å². The molecule has 0 aliphatic carbocycles. The molecule has 6 heteroatoms. The van der Waals surface area contributed by atoms with Crippen molar-refractivity contribution in [2.75, 3.05) is 24.5 Å². The lowest BCUT2D eigenvalue weighted by atomic mass is 10.2. The van der Waals surface area contributed by atoms with Crippen LogP contribution in [-0.4, -0.2) is 35.4 Å². The fraction of sp³-hybridized carbons (Fsp3) is 0.250. The van der Waals surface area contributed by atoms with Crippen LogP contribution in [0, 0.1) is 5.82 Å². The molecule has 0 bridgehead atoms. The first-order valence-electron chi connectivity index (χ1n) is 7.01. The van der Waals surface area contributed by atoms with Crippen molar-refractivity contribution in [3.05, 3.63) is 58.4 Å². The molecule has 1 saturated heterocycles. The smallest absolute Gasteiger partial charge is 0.242 e. The summed E-state index contributed by atoms with van der Waals surface area (Å²) in [6.45, 7) is 2.16. The number of amides is 1. The van der Waals surface area contributed by atoms with Crippen LogP contribution >= 0.6 is 15.9 Å². The number of piperazine rings is 1. The normalized spacial score (nSPS) is 15.3. The van der Waals surface area contributed by atoms with Gasteiger partial charge in [-0.05, 0) is 45.8 Å². The highest BCUT2D eigenvalue weighted by Crippen LogP contribution is 2.24. The summed E-state index contributed by atoms with van der Waals surface area (Å²) in [5.41, 5.74) is 0.933. The van der Waals surface area contributed by atoms with E-state index in [0.29, 0.717) is 19.6 Å². The van der Waals surface area contributed by atoms with E-state index in [9.17, 15) is 9.18 Å². The monoisotopic (exact) mass is 363 g/mol. The Morgan fingerprint density at radius 3 is 2.64 bits per heavy atom. The average Bonchev–Trinajstić information content (AvgIpc) is 2.52. The van der Waals surface area contributed by atoms with Crippen molar-refractivity contribution in [3.8, 4) is 0 Å². The van der Waals surface area contributed by atoms with Crippen molar-refractivity contribution in [2.24, 2.45) is 0 Å². The summed E-state index contributed by atoms with van der Waals surface area (Å²) in [7, 11) is 0. The molecule has 3 rings (SSSR count). The van der Waals surface area contributed by atoms with Crippen LogP contribution in [0.3, 0.4) is 0 Å². The maximum Gasteiger partial charge on any atom is 0.242 e. The molecule has 0 atom stereocenters. The number of anilines is 1. The van der Waals surface area contributed by atoms with Gasteiger partial charge in [-0.1, -0.05) is 12.1 Å². The zero-order valence-corrected chi connectivity index (χ0v) is 13.5. The molecule has 22 heavy (non-hydrogen) atoms. The zero-order chi connectivity index (χ0) is 15.5. The summed E-state index contributed by atoms with van der Waals surface area (Å²) in [6.07, 6.45) is 1.72. The maximum atomic E-state index is 12.9. The molecule has 1 aromatic heterocycles. The van der Waals surface area contributed by atoms with Gasteiger partial charge in [-0.25, -0.2) is 9.37 Å². The number of carbonyl (C=O) groups is 1. The first-order valence-corrected chi connectivity index (χ1v) is 7.80. The number of nitrogens with zero attached hydrogens (tertiary/aromatic N) is 3. The molecule has 2 heterocycles. The van der Waals surface area contributed by atoms with Crippen molar-refractivity contribution < 1.29 is 9.18 Å². The summed E-state index contributed by atoms with van der Waals surface area (Å²) in [4.78, 5) is 20.4. The highest BCUT2D eigenvalue weighted by Gasteiger charge is 2.25. The lowest BCUT2D eigenvalue weighted by molar-refractivity contribution is -0.131. The minimum Gasteiger partial charge on any atom is -0.345 e. The highest BCUT2D eigenvalue weighted by atomic mass is 79.9. The van der Waals surface area contributed by atoms with E-state index in [1.54, 1.807) is 23.2 Å². The number of rotatable bonds is 3. The van der Waals surface area contributed by atoms with E-state index in [1.807, 2.05) is 17.0 Å². The maximum absolute atomic E-state index is 12.9. The molecule has 1 aliphatic rings. The Kier molecular flexibility index (Phi) is 4.38. The minimum atomic E-state index is -0.264. The molecule has 0 spiro atoms. The van der Waals surface area contributed by atoms with Gasteiger partial charge in [-0.15, -0.1) is 0 Å². The highest BCUT2D eigenvalue weighted by molar-refractivity contribution is 9.10. The number of pyridine rings is 1. The topological polar surface area (TPSA) is 36.4 Å². The van der Waals surface area contributed by atoms with E-state index in [-0.39, 0.29) is 11.7 Å². The first kappa shape index (κ1) is 15.0. The van der Waals surface area contributed by atoms with E-state index in [4.69, 9.17) is 0 Å². The molecular weight excluding hydrogens is 349 g/mol. The minimum absolute atomic E-state index is 0.0492. The lowest BCUT2D eigenvalue weighted by Crippen LogP contribution is -2.50. The third kappa shape index (κ3) is 3.27. The van der Waals surface area contributed by atoms with Gasteiger partial charge in [0, 0.05) is 25.8 Å². The molecule has 2 aromatic rings. The van der Waals surface area contributed by atoms with Crippen LogP contribution in [-0.2, 0) is 11.3 Å². The SMILES string of the molecule is O=C1CN(c2ncccc2Br)CCN1Cc1ccc(F)cc1. The number of aromatic nitrogens is 1. The van der Waals surface area contributed by atoms with Crippen LogP contribution in [0.1, 0.15) is 5.56 Å². The molecule has 1 amide bonds. The van der Waals surface area contributed by atoms with Crippen LogP contribution in [0.25, 0.3) is 0 Å². The fourth-order valence-corrected chi connectivity index (χ4v) is 2.98. The Balaban J connectivity index is 1.66. The molecule has 0 radical (unpaired) electrons. The molecule has 114 valence electrons. The van der Waals surface area contributed by atoms with Crippen molar-refractivity contribution >= 4 is 27.7 Å². The Morgan fingerprint density at radius 2 is 1.95 bits per heavy atom. The van der Waals surface area contributed by atoms with Gasteiger partial charge in [-0.3, -0.25) is 4.79 Å². The summed E-state index contributed by atoms with van der Waals surface area (Å²) in [6, 6.07) is 10.0. The predicted molar refractivity (Wildman–Crippen MR) is 86.0 cm³/mol. The fourth-order valence-electron chi connectivity index (χ4n) is 2.48. The molecule has 1 fully saturated rings. The van der Waals surface area contributed by atoms with Gasteiger partial charge >= 0.3 is 0 Å². The molecular formula is C16H15BrFN3O. The summed E-state index contributed by atoms with van der Waals surface area (Å²) >= 11 is 3.46. The molecule has 0 N–H and O–H groups in total. The number of halogens is 2. The average molecular weight is 364 g/mol. The van der Waals surface area contributed by atoms with Gasteiger partial charge < -0.3 is 9.80 Å². The largest absolute Gasteiger partial charge is 0.345 e. The van der Waals surface area contributed by atoms with Crippen LogP contribution in [0.2, 0.25) is 0 Å². The van der Waals surface area contributed by atoms with Crippen LogP contribution in [0.4, 0.5) is 10.2 Å². The lowest BCUT2D eigenvalue weighted by Gasteiger charge is -2.35. The summed E-state index contributed by atoms with van der Waals surface area (Å²) in [5, 5.41) is 0. The first-order chi connectivity index (χ1) is 10.6. The van der Waals surface area contributed by atoms with Crippen LogP contribution in [0.15, 0.2) is 47.1 Å². The Bertz CT molecular complexity index is 677. The van der Waals surface area contributed by atoms with Crippen molar-refractivity contribution in [1.82, 2.24) is 9.88 Å². The summed E-state index contributed by atoms with van der Waals surface area (Å²) < 4.78 is 13.8. The third-order valence-corrected chi connectivity index (χ3v) is 4.26. The molecule has 4 nitrogen and oxygen atoms in total. The van der Waals surface area contributed by atoms with E-state index in [0.717, 1.165) is 22.4 Å². The molecule has 0 saturated carbocycles. The van der Waals surface area contributed by atoms with Crippen molar-refractivity contribution in [3.63, 3.8) is 0 Å². The number of hydrogen-bond acceptors (Lipinski definition) is 3. The third-order valence-electron chi connectivity index (χ3n) is 3.64. The van der Waals surface area contributed by atoms with Crippen molar-refractivity contribution in [1.29, 1.82) is 0 Å². The molecule has 0 unspecified atom stereocenters. The van der Waals surface area contributed by atoms with Gasteiger partial charge in [0.05, 0.1) is 11.0 Å². The second kappa shape index (κ2) is 6.44. The Hall–Kier alpha value is -1.95. The van der Waals surface area contributed by atoms with Gasteiger partial charge in [0.25, 0.3) is 0 Å². The second-order valence-electron chi connectivity index (χ2n) is 5.17. The zero-order valence-electron chi connectivity index (χ0n) is 11.9. The molecule has 1 aromatic carbocycles. The Labute approximate surface area is 136 Å². The van der Waals surface area contributed by atoms with Gasteiger partial charge in [0.2, 0.25) is 5.91 Å². The van der Waals surface area contributed by atoms with E-state index < -0.39 is 0 Å². The van der Waals surface area contributed by atoms with Crippen LogP contribution in [0.5, 0.6) is 0 Å².